The van der Waals surface area contributed by atoms with Gasteiger partial charge in [-0.25, -0.2) is 0 Å². The molecule has 0 aliphatic carbocycles. The molecule has 2 fully saturated rings. The van der Waals surface area contributed by atoms with Crippen molar-refractivity contribution in [1.82, 2.24) is 20.0 Å². The van der Waals surface area contributed by atoms with Gasteiger partial charge in [0.15, 0.2) is 0 Å². The van der Waals surface area contributed by atoms with Crippen LogP contribution in [0.25, 0.3) is 10.9 Å². The second-order valence-electron chi connectivity index (χ2n) is 9.15. The van der Waals surface area contributed by atoms with Crippen LogP contribution in [-0.2, 0) is 4.79 Å². The zero-order chi connectivity index (χ0) is 23.1. The fourth-order valence-electron chi connectivity index (χ4n) is 5.26. The van der Waals surface area contributed by atoms with Gasteiger partial charge in [-0.1, -0.05) is 41.9 Å². The lowest BCUT2D eigenvalue weighted by Crippen LogP contribution is -2.36. The van der Waals surface area contributed by atoms with Crippen LogP contribution in [0.1, 0.15) is 33.9 Å². The normalized spacial score (nSPS) is 21.3. The van der Waals surface area contributed by atoms with E-state index < -0.39 is 0 Å². The predicted molar refractivity (Wildman–Crippen MR) is 127 cm³/mol. The molecule has 170 valence electrons. The number of nitrogens with zero attached hydrogens (tertiary/aromatic N) is 4. The molecule has 0 radical (unpaired) electrons. The zero-order valence-corrected chi connectivity index (χ0v) is 19.2. The van der Waals surface area contributed by atoms with Gasteiger partial charge >= 0.3 is 0 Å². The molecule has 0 spiro atoms. The Morgan fingerprint density at radius 2 is 1.85 bits per heavy atom. The summed E-state index contributed by atoms with van der Waals surface area (Å²) < 4.78 is 0. The average Bonchev–Trinajstić information content (AvgIpc) is 3.38. The first-order chi connectivity index (χ1) is 15.9. The second kappa shape index (κ2) is 8.72. The quantitative estimate of drug-likeness (QED) is 0.627. The summed E-state index contributed by atoms with van der Waals surface area (Å²) in [5.74, 6) is 0.376. The summed E-state index contributed by atoms with van der Waals surface area (Å²) in [6, 6.07) is 13.4. The van der Waals surface area contributed by atoms with Crippen molar-refractivity contribution in [1.29, 1.82) is 0 Å². The molecule has 0 bridgehead atoms. The Morgan fingerprint density at radius 1 is 1.12 bits per heavy atom. The molecule has 2 aromatic carbocycles. The third-order valence-electron chi connectivity index (χ3n) is 6.99. The summed E-state index contributed by atoms with van der Waals surface area (Å²) >= 11 is 6.36. The number of hydrogen-bond acceptors (Lipinski definition) is 5. The highest BCUT2D eigenvalue weighted by Gasteiger charge is 2.44. The van der Waals surface area contributed by atoms with Gasteiger partial charge in [-0.3, -0.25) is 14.5 Å². The van der Waals surface area contributed by atoms with E-state index in [-0.39, 0.29) is 24.3 Å². The van der Waals surface area contributed by atoms with E-state index in [1.165, 1.54) is 0 Å². The van der Waals surface area contributed by atoms with Gasteiger partial charge in [-0.2, -0.15) is 10.2 Å². The number of aryl methyl sites for hydroxylation is 1. The van der Waals surface area contributed by atoms with Crippen LogP contribution in [0.15, 0.2) is 48.7 Å². The number of carbonyl (C=O) groups is 2. The van der Waals surface area contributed by atoms with Crippen molar-refractivity contribution in [3.8, 4) is 0 Å². The summed E-state index contributed by atoms with van der Waals surface area (Å²) in [6.07, 6.45) is 1.81. The van der Waals surface area contributed by atoms with E-state index in [9.17, 15) is 9.59 Å². The first-order valence-electron chi connectivity index (χ1n) is 11.2. The van der Waals surface area contributed by atoms with E-state index in [0.717, 1.165) is 35.1 Å². The fraction of sp³-hybridized carbons (Fsp3) is 0.360. The molecule has 5 rings (SSSR count). The maximum absolute atomic E-state index is 13.3. The molecule has 2 saturated heterocycles. The van der Waals surface area contributed by atoms with Crippen molar-refractivity contribution in [2.75, 3.05) is 26.2 Å². The monoisotopic (exact) mass is 463 g/mol. The van der Waals surface area contributed by atoms with E-state index in [4.69, 9.17) is 17.3 Å². The number of aromatic nitrogens is 2. The van der Waals surface area contributed by atoms with Crippen molar-refractivity contribution < 1.29 is 9.59 Å². The number of carbonyl (C=O) groups excluding carboxylic acids is 2. The number of hydrogen-bond donors (Lipinski definition) is 1. The van der Waals surface area contributed by atoms with Gasteiger partial charge in [-0.05, 0) is 42.0 Å². The van der Waals surface area contributed by atoms with E-state index in [1.807, 2.05) is 54.3 Å². The zero-order valence-electron chi connectivity index (χ0n) is 18.4. The molecule has 0 saturated carbocycles. The van der Waals surface area contributed by atoms with Gasteiger partial charge in [0.2, 0.25) is 5.91 Å². The fourth-order valence-corrected chi connectivity index (χ4v) is 5.45. The Hall–Kier alpha value is -3.03. The third kappa shape index (κ3) is 4.18. The first-order valence-corrected chi connectivity index (χ1v) is 11.6. The van der Waals surface area contributed by atoms with Gasteiger partial charge in [0.1, 0.15) is 0 Å². The Labute approximate surface area is 197 Å². The molecule has 3 aromatic rings. The maximum atomic E-state index is 13.3. The largest absolute Gasteiger partial charge is 0.370 e. The molecule has 2 aliphatic rings. The lowest BCUT2D eigenvalue weighted by Gasteiger charge is -2.29. The number of likely N-dealkylation sites (tertiary alicyclic amines) is 2. The van der Waals surface area contributed by atoms with E-state index in [0.29, 0.717) is 35.5 Å². The van der Waals surface area contributed by atoms with Crippen LogP contribution in [0, 0.1) is 18.8 Å². The highest BCUT2D eigenvalue weighted by molar-refractivity contribution is 6.31. The van der Waals surface area contributed by atoms with Crippen LogP contribution in [0.2, 0.25) is 5.02 Å². The Kier molecular flexibility index (Phi) is 5.76. The molecule has 2 amide bonds. The molecule has 8 heteroatoms. The summed E-state index contributed by atoms with van der Waals surface area (Å²) in [5, 5.41) is 9.67. The average molecular weight is 464 g/mol. The van der Waals surface area contributed by atoms with Gasteiger partial charge in [0.05, 0.1) is 17.3 Å². The summed E-state index contributed by atoms with van der Waals surface area (Å²) in [5.41, 5.74) is 8.92. The Morgan fingerprint density at radius 3 is 2.55 bits per heavy atom. The SMILES string of the molecule is Cc1ccc(C(CC(N)=O)N2CC3CN(C(=O)c4cnnc5ccccc45)CC3C2)cc1Cl. The number of fused-ring (bicyclic) bond motifs is 2. The molecule has 33 heavy (non-hydrogen) atoms. The van der Waals surface area contributed by atoms with Crippen LogP contribution in [0.5, 0.6) is 0 Å². The summed E-state index contributed by atoms with van der Waals surface area (Å²) in [4.78, 5) is 29.4. The van der Waals surface area contributed by atoms with E-state index >= 15 is 0 Å². The lowest BCUT2D eigenvalue weighted by molar-refractivity contribution is -0.119. The predicted octanol–water partition coefficient (Wildman–Crippen LogP) is 3.21. The Balaban J connectivity index is 1.32. The lowest BCUT2D eigenvalue weighted by atomic mass is 10.0. The van der Waals surface area contributed by atoms with Crippen molar-refractivity contribution >= 4 is 34.3 Å². The molecule has 2 N–H and O–H groups in total. The molecular formula is C25H26ClN5O2. The van der Waals surface area contributed by atoms with Crippen LogP contribution in [0.3, 0.4) is 0 Å². The van der Waals surface area contributed by atoms with E-state index in [2.05, 4.69) is 15.1 Å². The van der Waals surface area contributed by atoms with Gasteiger partial charge in [0, 0.05) is 49.1 Å². The van der Waals surface area contributed by atoms with Crippen LogP contribution in [0.4, 0.5) is 0 Å². The topological polar surface area (TPSA) is 92.4 Å². The smallest absolute Gasteiger partial charge is 0.256 e. The van der Waals surface area contributed by atoms with Crippen LogP contribution in [-0.4, -0.2) is 58.0 Å². The molecular weight excluding hydrogens is 438 g/mol. The number of amides is 2. The highest BCUT2D eigenvalue weighted by Crippen LogP contribution is 2.38. The second-order valence-corrected chi connectivity index (χ2v) is 9.56. The number of nitrogens with two attached hydrogens (primary N) is 1. The van der Waals surface area contributed by atoms with Gasteiger partial charge < -0.3 is 10.6 Å². The van der Waals surface area contributed by atoms with Gasteiger partial charge in [0.25, 0.3) is 5.91 Å². The third-order valence-corrected chi connectivity index (χ3v) is 7.40. The molecule has 1 aromatic heterocycles. The molecule has 7 nitrogen and oxygen atoms in total. The minimum absolute atomic E-state index is 0.000974. The molecule has 3 heterocycles. The minimum Gasteiger partial charge on any atom is -0.370 e. The minimum atomic E-state index is -0.331. The molecule has 3 atom stereocenters. The van der Waals surface area contributed by atoms with Gasteiger partial charge in [-0.15, -0.1) is 0 Å². The number of rotatable bonds is 5. The standard InChI is InChI=1S/C25H26ClN5O2/c1-15-6-7-16(8-21(15)26)23(9-24(27)32)30-11-17-13-31(14-18(17)12-30)25(33)20-10-28-29-22-5-3-2-4-19(20)22/h2-8,10,17-18,23H,9,11-14H2,1H3,(H2,27,32). The molecule has 3 unspecified atom stereocenters. The van der Waals surface area contributed by atoms with E-state index in [1.54, 1.807) is 6.20 Å². The van der Waals surface area contributed by atoms with Crippen molar-refractivity contribution in [2.45, 2.75) is 19.4 Å². The number of halogens is 1. The summed E-state index contributed by atoms with van der Waals surface area (Å²) in [7, 11) is 0. The Bertz CT molecular complexity index is 1210. The summed E-state index contributed by atoms with van der Waals surface area (Å²) in [6.45, 7) is 4.96. The van der Waals surface area contributed by atoms with Crippen molar-refractivity contribution in [3.63, 3.8) is 0 Å². The molecule has 2 aliphatic heterocycles. The van der Waals surface area contributed by atoms with Crippen LogP contribution < -0.4 is 5.73 Å². The number of benzene rings is 2. The number of primary amides is 1. The maximum Gasteiger partial charge on any atom is 0.256 e. The first kappa shape index (κ1) is 21.8. The highest BCUT2D eigenvalue weighted by atomic mass is 35.5. The van der Waals surface area contributed by atoms with Crippen LogP contribution >= 0.6 is 11.6 Å². The van der Waals surface area contributed by atoms with Crippen molar-refractivity contribution in [3.05, 3.63) is 70.4 Å². The van der Waals surface area contributed by atoms with Crippen molar-refractivity contribution in [2.24, 2.45) is 17.6 Å².